The lowest BCUT2D eigenvalue weighted by molar-refractivity contribution is -0.165. The Bertz CT molecular complexity index is 1230. The van der Waals surface area contributed by atoms with Gasteiger partial charge in [-0.3, -0.25) is 4.99 Å². The van der Waals surface area contributed by atoms with E-state index in [2.05, 4.69) is 9.97 Å². The highest BCUT2D eigenvalue weighted by atomic mass is 16.5. The van der Waals surface area contributed by atoms with Crippen molar-refractivity contribution in [1.29, 1.82) is 0 Å². The summed E-state index contributed by atoms with van der Waals surface area (Å²) in [5, 5.41) is 42.8. The molecule has 2 heterocycles. The van der Waals surface area contributed by atoms with E-state index >= 15 is 0 Å². The number of aromatic nitrogens is 2. The molecule has 5 atom stereocenters. The third-order valence-electron chi connectivity index (χ3n) is 6.54. The number of fused-ring (bicyclic) bond motifs is 3. The number of aliphatic imine (C=N–C) groups is 1. The molecule has 1 aromatic heterocycles. The number of nitrogens with zero attached hydrogens (tertiary/aromatic N) is 3. The topological polar surface area (TPSA) is 210 Å². The summed E-state index contributed by atoms with van der Waals surface area (Å²) in [6.45, 7) is 2.48. The van der Waals surface area contributed by atoms with E-state index in [4.69, 9.17) is 44.4 Å². The zero-order valence-electron chi connectivity index (χ0n) is 22.5. The maximum Gasteiger partial charge on any atom is 0.335 e. The molecule has 1 aliphatic carbocycles. The van der Waals surface area contributed by atoms with Gasteiger partial charge in [0.1, 0.15) is 0 Å². The summed E-state index contributed by atoms with van der Waals surface area (Å²) in [5.41, 5.74) is 3.45. The molecule has 0 saturated heterocycles. The van der Waals surface area contributed by atoms with Crippen molar-refractivity contribution in [3.63, 3.8) is 0 Å². The van der Waals surface area contributed by atoms with Crippen LogP contribution >= 0.6 is 0 Å². The number of aliphatic hydroxyl groups excluding tert-OH is 3. The zero-order valence-corrected chi connectivity index (χ0v) is 22.5. The fraction of sp³-hybridized carbons (Fsp3) is 0.500. The Morgan fingerprint density at radius 1 is 0.975 bits per heavy atom. The lowest BCUT2D eigenvalue weighted by atomic mass is 9.74. The van der Waals surface area contributed by atoms with Gasteiger partial charge in [0.25, 0.3) is 0 Å². The van der Waals surface area contributed by atoms with Gasteiger partial charge >= 0.3 is 17.9 Å². The number of aliphatic hydroxyl groups is 3. The predicted octanol–water partition coefficient (Wildman–Crippen LogP) is 0.627. The molecule has 2 aromatic rings. The van der Waals surface area contributed by atoms with Gasteiger partial charge < -0.3 is 44.5 Å². The number of carboxylic acid groups (broad SMARTS) is 2. The first-order chi connectivity index (χ1) is 19.1. The molecule has 2 unspecified atom stereocenters. The molecule has 5 N–H and O–H groups in total. The standard InChI is InChI=1S/C22H27N3O5.C4H6O6/c1-5-30-19-9-13-14-8-12(26)6-7-17(14)24-20(15(13)10-18(19)27-2)16-11-23-22(29-4)25-21(16)28-3;5-1(3(7)8)2(6)4(9)10/h9-12,14,17,26H,5-8H2,1-4H3;1-2,5-6H,(H,7,8)(H,9,10)/t12-,14-,17-;/m1./s1. The van der Waals surface area contributed by atoms with Crippen molar-refractivity contribution in [3.05, 3.63) is 35.0 Å². The number of methoxy groups -OCH3 is 3. The van der Waals surface area contributed by atoms with Crippen LogP contribution in [0.15, 0.2) is 23.3 Å². The van der Waals surface area contributed by atoms with Gasteiger partial charge in [0.15, 0.2) is 23.7 Å². The fourth-order valence-corrected chi connectivity index (χ4v) is 4.62. The SMILES string of the molecule is CCOc1cc2c(cc1OC)C(c1cnc(OC)nc1OC)=N[C@@H]1CC[C@@H](O)C[C@H]21.O=C(O)C(O)C(O)C(=O)O. The molecule has 1 aliphatic heterocycles. The quantitative estimate of drug-likeness (QED) is 0.284. The Balaban J connectivity index is 0.000000378. The number of aliphatic carboxylic acids is 2. The Hall–Kier alpha value is -4.01. The smallest absolute Gasteiger partial charge is 0.335 e. The molecule has 1 saturated carbocycles. The van der Waals surface area contributed by atoms with Gasteiger partial charge in [-0.05, 0) is 43.9 Å². The van der Waals surface area contributed by atoms with Gasteiger partial charge in [-0.25, -0.2) is 14.6 Å². The predicted molar refractivity (Wildman–Crippen MR) is 139 cm³/mol. The van der Waals surface area contributed by atoms with E-state index in [9.17, 15) is 14.7 Å². The lowest BCUT2D eigenvalue weighted by Crippen LogP contribution is -2.39. The Morgan fingerprint density at radius 2 is 1.65 bits per heavy atom. The van der Waals surface area contributed by atoms with E-state index in [-0.39, 0.29) is 24.1 Å². The summed E-state index contributed by atoms with van der Waals surface area (Å²) in [7, 11) is 4.70. The van der Waals surface area contributed by atoms with Gasteiger partial charge in [0.2, 0.25) is 5.88 Å². The highest BCUT2D eigenvalue weighted by Gasteiger charge is 2.38. The molecule has 14 nitrogen and oxygen atoms in total. The van der Waals surface area contributed by atoms with Gasteiger partial charge in [-0.1, -0.05) is 0 Å². The monoisotopic (exact) mass is 563 g/mol. The number of hydrogen-bond donors (Lipinski definition) is 5. The summed E-state index contributed by atoms with van der Waals surface area (Å²) in [6, 6.07) is 4.26. The van der Waals surface area contributed by atoms with Crippen LogP contribution in [0.3, 0.4) is 0 Å². The molecule has 0 bridgehead atoms. The highest BCUT2D eigenvalue weighted by Crippen LogP contribution is 2.45. The van der Waals surface area contributed by atoms with Crippen LogP contribution in [0.1, 0.15) is 48.8 Å². The number of carboxylic acids is 2. The largest absolute Gasteiger partial charge is 0.493 e. The van der Waals surface area contributed by atoms with Gasteiger partial charge in [0, 0.05) is 17.7 Å². The second kappa shape index (κ2) is 13.4. The molecular formula is C26H33N3O11. The zero-order chi connectivity index (χ0) is 29.6. The molecule has 40 heavy (non-hydrogen) atoms. The molecule has 0 radical (unpaired) electrons. The van der Waals surface area contributed by atoms with Crippen molar-refractivity contribution in [2.24, 2.45) is 4.99 Å². The highest BCUT2D eigenvalue weighted by molar-refractivity contribution is 6.16. The van der Waals surface area contributed by atoms with Crippen LogP contribution in [0.25, 0.3) is 0 Å². The molecule has 1 aromatic carbocycles. The number of hydrogen-bond acceptors (Lipinski definition) is 12. The number of benzene rings is 1. The summed E-state index contributed by atoms with van der Waals surface area (Å²) < 4.78 is 22.1. The minimum atomic E-state index is -2.27. The fourth-order valence-electron chi connectivity index (χ4n) is 4.62. The van der Waals surface area contributed by atoms with E-state index in [0.29, 0.717) is 36.0 Å². The third-order valence-corrected chi connectivity index (χ3v) is 6.54. The molecular weight excluding hydrogens is 530 g/mol. The van der Waals surface area contributed by atoms with Crippen molar-refractivity contribution in [1.82, 2.24) is 9.97 Å². The molecule has 14 heteroatoms. The van der Waals surface area contributed by atoms with Crippen LogP contribution in [-0.4, -0.2) is 105 Å². The number of carbonyl (C=O) groups is 2. The van der Waals surface area contributed by atoms with E-state index in [0.717, 1.165) is 29.7 Å². The summed E-state index contributed by atoms with van der Waals surface area (Å²) in [6.07, 6.45) is -0.971. The number of ether oxygens (including phenoxy) is 4. The molecule has 0 amide bonds. The summed E-state index contributed by atoms with van der Waals surface area (Å²) in [5.74, 6) is -1.70. The Labute approximate surface area is 229 Å². The first-order valence-electron chi connectivity index (χ1n) is 12.4. The van der Waals surface area contributed by atoms with E-state index < -0.39 is 24.1 Å². The average Bonchev–Trinajstić information content (AvgIpc) is 2.95. The van der Waals surface area contributed by atoms with Crippen molar-refractivity contribution in [3.8, 4) is 23.4 Å². The Morgan fingerprint density at radius 3 is 2.20 bits per heavy atom. The maximum atomic E-state index is 10.3. The van der Waals surface area contributed by atoms with E-state index in [1.165, 1.54) is 7.11 Å². The van der Waals surface area contributed by atoms with Crippen LogP contribution in [0, 0.1) is 0 Å². The number of rotatable bonds is 9. The van der Waals surface area contributed by atoms with Crippen LogP contribution in [0.5, 0.6) is 23.4 Å². The van der Waals surface area contributed by atoms with Gasteiger partial charge in [-0.2, -0.15) is 4.98 Å². The second-order valence-electron chi connectivity index (χ2n) is 8.99. The van der Waals surface area contributed by atoms with Crippen LogP contribution in [0.4, 0.5) is 0 Å². The molecule has 0 spiro atoms. The van der Waals surface area contributed by atoms with Crippen LogP contribution in [0.2, 0.25) is 0 Å². The van der Waals surface area contributed by atoms with Gasteiger partial charge in [0.05, 0.1) is 51.4 Å². The van der Waals surface area contributed by atoms with Crippen molar-refractivity contribution in [2.75, 3.05) is 27.9 Å². The van der Waals surface area contributed by atoms with E-state index in [1.54, 1.807) is 20.4 Å². The minimum absolute atomic E-state index is 0.0607. The second-order valence-corrected chi connectivity index (χ2v) is 8.99. The minimum Gasteiger partial charge on any atom is -0.493 e. The normalized spacial score (nSPS) is 20.8. The van der Waals surface area contributed by atoms with Gasteiger partial charge in [-0.15, -0.1) is 0 Å². The average molecular weight is 564 g/mol. The van der Waals surface area contributed by atoms with Crippen molar-refractivity contribution < 1.29 is 54.1 Å². The molecule has 2 aliphatic rings. The first-order valence-corrected chi connectivity index (χ1v) is 12.4. The maximum absolute atomic E-state index is 10.3. The Kier molecular flexibility index (Phi) is 10.2. The van der Waals surface area contributed by atoms with Crippen molar-refractivity contribution >= 4 is 17.7 Å². The van der Waals surface area contributed by atoms with Crippen LogP contribution < -0.4 is 18.9 Å². The summed E-state index contributed by atoms with van der Waals surface area (Å²) in [4.78, 5) is 33.2. The van der Waals surface area contributed by atoms with Crippen LogP contribution in [-0.2, 0) is 9.59 Å². The molecule has 4 rings (SSSR count). The molecule has 1 fully saturated rings. The van der Waals surface area contributed by atoms with Crippen molar-refractivity contribution in [2.45, 2.75) is 56.5 Å². The summed E-state index contributed by atoms with van der Waals surface area (Å²) >= 11 is 0. The first kappa shape index (κ1) is 30.5. The third kappa shape index (κ3) is 6.58. The lowest BCUT2D eigenvalue weighted by Gasteiger charge is -2.37. The van der Waals surface area contributed by atoms with E-state index in [1.807, 2.05) is 19.1 Å². The molecule has 218 valence electrons.